The van der Waals surface area contributed by atoms with Crippen molar-refractivity contribution in [3.05, 3.63) is 60.7 Å². The molecule has 5 nitrogen and oxygen atoms in total. The molecule has 0 radical (unpaired) electrons. The summed E-state index contributed by atoms with van der Waals surface area (Å²) in [6.45, 7) is 7.31. The number of hydrogen-bond donors (Lipinski definition) is 1. The third-order valence-corrected chi connectivity index (χ3v) is 11.2. The van der Waals surface area contributed by atoms with Crippen molar-refractivity contribution in [2.75, 3.05) is 13.1 Å². The molecule has 2 saturated heterocycles. The summed E-state index contributed by atoms with van der Waals surface area (Å²) < 4.78 is 7.11. The summed E-state index contributed by atoms with van der Waals surface area (Å²) in [5.41, 5.74) is 0. The Morgan fingerprint density at radius 1 is 0.966 bits per heavy atom. The molecule has 2 aliphatic heterocycles. The standard InChI is InChI=1S/C23H28N2O3Si/c1-23(2,3)29(17-10-6-4-7-11-17,18-12-8-5-9-13-18)28-19-14-15-25-20(26)16-24-22(27)21(19)25/h4-13,19,21H,14-16H2,1-3H3,(H,24,27)/t19-,21+/m0/s1. The minimum atomic E-state index is -2.76. The normalized spacial score (nSPS) is 22.4. The monoisotopic (exact) mass is 408 g/mol. The van der Waals surface area contributed by atoms with Crippen molar-refractivity contribution in [3.63, 3.8) is 0 Å². The van der Waals surface area contributed by atoms with E-state index in [2.05, 4.69) is 50.4 Å². The maximum Gasteiger partial charge on any atom is 0.261 e. The first-order valence-electron chi connectivity index (χ1n) is 10.2. The molecular weight excluding hydrogens is 380 g/mol. The van der Waals surface area contributed by atoms with E-state index >= 15 is 0 Å². The van der Waals surface area contributed by atoms with E-state index in [4.69, 9.17) is 4.43 Å². The molecule has 2 atom stereocenters. The number of nitrogens with one attached hydrogen (secondary N) is 1. The molecule has 0 saturated carbocycles. The Labute approximate surface area is 173 Å². The first-order chi connectivity index (χ1) is 13.8. The van der Waals surface area contributed by atoms with Crippen LogP contribution in [0.2, 0.25) is 5.04 Å². The molecule has 0 spiro atoms. The van der Waals surface area contributed by atoms with Crippen LogP contribution in [-0.4, -0.2) is 50.3 Å². The van der Waals surface area contributed by atoms with E-state index < -0.39 is 14.4 Å². The SMILES string of the molecule is CC(C)(C)[Si](O[C@H]1CCN2C(=O)CNC(=O)[C@@H]12)(c1ccccc1)c1ccccc1. The van der Waals surface area contributed by atoms with Crippen LogP contribution in [0.5, 0.6) is 0 Å². The molecule has 4 rings (SSSR count). The van der Waals surface area contributed by atoms with Gasteiger partial charge in [-0.15, -0.1) is 0 Å². The Bertz CT molecular complexity index is 856. The highest BCUT2D eigenvalue weighted by Crippen LogP contribution is 2.39. The zero-order chi connectivity index (χ0) is 20.6. The van der Waals surface area contributed by atoms with Crippen LogP contribution in [0.1, 0.15) is 27.2 Å². The topological polar surface area (TPSA) is 58.6 Å². The molecule has 2 amide bonds. The smallest absolute Gasteiger partial charge is 0.261 e. The average Bonchev–Trinajstić information content (AvgIpc) is 3.14. The number of carbonyl (C=O) groups excluding carboxylic acids is 2. The zero-order valence-electron chi connectivity index (χ0n) is 17.2. The number of hydrogen-bond acceptors (Lipinski definition) is 3. The molecule has 2 heterocycles. The molecule has 2 fully saturated rings. The van der Waals surface area contributed by atoms with E-state index in [-0.39, 0.29) is 29.5 Å². The van der Waals surface area contributed by atoms with Crippen LogP contribution in [0.25, 0.3) is 0 Å². The van der Waals surface area contributed by atoms with Gasteiger partial charge in [0.15, 0.2) is 0 Å². The number of fused-ring (bicyclic) bond motifs is 1. The molecule has 2 aliphatic rings. The highest BCUT2D eigenvalue weighted by atomic mass is 28.4. The van der Waals surface area contributed by atoms with Crippen LogP contribution < -0.4 is 15.7 Å². The molecule has 0 aromatic heterocycles. The van der Waals surface area contributed by atoms with Gasteiger partial charge in [-0.25, -0.2) is 0 Å². The minimum absolute atomic E-state index is 0.0249. The number of carbonyl (C=O) groups is 2. The van der Waals surface area contributed by atoms with Crippen LogP contribution in [0.4, 0.5) is 0 Å². The highest BCUT2D eigenvalue weighted by molar-refractivity contribution is 6.99. The third kappa shape index (κ3) is 3.30. The summed E-state index contributed by atoms with van der Waals surface area (Å²) >= 11 is 0. The molecule has 29 heavy (non-hydrogen) atoms. The van der Waals surface area contributed by atoms with E-state index in [9.17, 15) is 9.59 Å². The zero-order valence-corrected chi connectivity index (χ0v) is 18.2. The van der Waals surface area contributed by atoms with Crippen LogP contribution in [0.15, 0.2) is 60.7 Å². The van der Waals surface area contributed by atoms with Crippen molar-refractivity contribution in [3.8, 4) is 0 Å². The van der Waals surface area contributed by atoms with Crippen molar-refractivity contribution >= 4 is 30.5 Å². The van der Waals surface area contributed by atoms with Gasteiger partial charge >= 0.3 is 0 Å². The van der Waals surface area contributed by atoms with E-state index in [1.165, 1.54) is 10.4 Å². The van der Waals surface area contributed by atoms with E-state index in [1.54, 1.807) is 4.90 Å². The van der Waals surface area contributed by atoms with Gasteiger partial charge in [-0.2, -0.15) is 0 Å². The maximum absolute atomic E-state index is 12.7. The Hall–Kier alpha value is -2.44. The molecule has 6 heteroatoms. The van der Waals surface area contributed by atoms with Gasteiger partial charge in [0, 0.05) is 6.54 Å². The Morgan fingerprint density at radius 2 is 1.52 bits per heavy atom. The number of piperazine rings is 1. The fourth-order valence-corrected chi connectivity index (χ4v) is 9.48. The predicted molar refractivity (Wildman–Crippen MR) is 116 cm³/mol. The number of rotatable bonds is 4. The number of amides is 2. The largest absolute Gasteiger partial charge is 0.402 e. The molecule has 152 valence electrons. The Kier molecular flexibility index (Phi) is 5.08. The maximum atomic E-state index is 12.7. The third-order valence-electron chi connectivity index (χ3n) is 6.09. The quantitative estimate of drug-likeness (QED) is 0.783. The van der Waals surface area contributed by atoms with Crippen molar-refractivity contribution in [1.82, 2.24) is 10.2 Å². The highest BCUT2D eigenvalue weighted by Gasteiger charge is 2.55. The van der Waals surface area contributed by atoms with Gasteiger partial charge in [0.1, 0.15) is 6.04 Å². The predicted octanol–water partition coefficient (Wildman–Crippen LogP) is 1.66. The van der Waals surface area contributed by atoms with Crippen molar-refractivity contribution in [1.29, 1.82) is 0 Å². The van der Waals surface area contributed by atoms with Gasteiger partial charge in [0.05, 0.1) is 12.6 Å². The van der Waals surface area contributed by atoms with Gasteiger partial charge in [0.2, 0.25) is 11.8 Å². The van der Waals surface area contributed by atoms with Gasteiger partial charge < -0.3 is 14.6 Å². The van der Waals surface area contributed by atoms with Crippen molar-refractivity contribution in [2.24, 2.45) is 0 Å². The summed E-state index contributed by atoms with van der Waals surface area (Å²) in [5, 5.41) is 4.93. The molecule has 2 aromatic carbocycles. The first kappa shape index (κ1) is 19.9. The van der Waals surface area contributed by atoms with E-state index in [0.717, 1.165) is 0 Å². The Balaban J connectivity index is 1.83. The van der Waals surface area contributed by atoms with E-state index in [0.29, 0.717) is 13.0 Å². The van der Waals surface area contributed by atoms with Crippen LogP contribution in [0, 0.1) is 0 Å². The second-order valence-electron chi connectivity index (χ2n) is 8.86. The number of benzene rings is 2. The fourth-order valence-electron chi connectivity index (χ4n) is 4.76. The summed E-state index contributed by atoms with van der Waals surface area (Å²) in [4.78, 5) is 26.7. The lowest BCUT2D eigenvalue weighted by atomic mass is 10.1. The Morgan fingerprint density at radius 3 is 2.03 bits per heavy atom. The first-order valence-corrected chi connectivity index (χ1v) is 12.1. The molecule has 1 N–H and O–H groups in total. The lowest BCUT2D eigenvalue weighted by Crippen LogP contribution is -2.69. The summed E-state index contributed by atoms with van der Waals surface area (Å²) in [6.07, 6.45) is 0.361. The second kappa shape index (κ2) is 7.43. The summed E-state index contributed by atoms with van der Waals surface area (Å²) in [5.74, 6) is -0.131. The van der Waals surface area contributed by atoms with Crippen LogP contribution in [0.3, 0.4) is 0 Å². The van der Waals surface area contributed by atoms with E-state index in [1.807, 2.05) is 36.4 Å². The van der Waals surface area contributed by atoms with Gasteiger partial charge in [-0.1, -0.05) is 81.4 Å². The molecule has 0 bridgehead atoms. The molecular formula is C23H28N2O3Si. The van der Waals surface area contributed by atoms with Gasteiger partial charge in [-0.3, -0.25) is 9.59 Å². The lowest BCUT2D eigenvalue weighted by Gasteiger charge is -2.45. The van der Waals surface area contributed by atoms with Gasteiger partial charge in [0.25, 0.3) is 8.32 Å². The summed E-state index contributed by atoms with van der Waals surface area (Å²) in [7, 11) is -2.76. The average molecular weight is 409 g/mol. The second-order valence-corrected chi connectivity index (χ2v) is 13.1. The molecule has 0 aliphatic carbocycles. The lowest BCUT2D eigenvalue weighted by molar-refractivity contribution is -0.145. The summed E-state index contributed by atoms with van der Waals surface area (Å²) in [6, 6.07) is 20.2. The van der Waals surface area contributed by atoms with Crippen molar-refractivity contribution < 1.29 is 14.0 Å². The van der Waals surface area contributed by atoms with Gasteiger partial charge in [-0.05, 0) is 21.8 Å². The molecule has 2 aromatic rings. The van der Waals surface area contributed by atoms with Crippen LogP contribution in [-0.2, 0) is 14.0 Å². The molecule has 0 unspecified atom stereocenters. The van der Waals surface area contributed by atoms with Crippen LogP contribution >= 0.6 is 0 Å². The minimum Gasteiger partial charge on any atom is -0.402 e. The number of nitrogens with zero attached hydrogens (tertiary/aromatic N) is 1. The fraction of sp³-hybridized carbons (Fsp3) is 0.391. The van der Waals surface area contributed by atoms with Crippen molar-refractivity contribution in [2.45, 2.75) is 44.4 Å².